The Morgan fingerprint density at radius 1 is 0.600 bits per heavy atom. The highest BCUT2D eigenvalue weighted by molar-refractivity contribution is 5.91. The van der Waals surface area contributed by atoms with Gasteiger partial charge in [0, 0.05) is 6.61 Å². The van der Waals surface area contributed by atoms with Crippen LogP contribution in [0.15, 0.2) is 48.5 Å². The average molecular weight is 485 g/mol. The van der Waals surface area contributed by atoms with Crippen LogP contribution in [0.3, 0.4) is 0 Å². The van der Waals surface area contributed by atoms with Crippen LogP contribution in [0.1, 0.15) is 101 Å². The van der Waals surface area contributed by atoms with Crippen molar-refractivity contribution in [1.29, 1.82) is 0 Å². The van der Waals surface area contributed by atoms with Crippen molar-refractivity contribution in [2.75, 3.05) is 19.8 Å². The summed E-state index contributed by atoms with van der Waals surface area (Å²) in [5.74, 6) is 1.67. The maximum absolute atomic E-state index is 12.4. The van der Waals surface area contributed by atoms with Gasteiger partial charge in [-0.2, -0.15) is 0 Å². The first-order chi connectivity index (χ1) is 17.2. The minimum absolute atomic E-state index is 0.317. The molecule has 0 radical (unpaired) electrons. The van der Waals surface area contributed by atoms with Crippen molar-refractivity contribution >= 4 is 5.97 Å². The molecule has 0 saturated heterocycles. The van der Waals surface area contributed by atoms with Gasteiger partial charge in [0.2, 0.25) is 0 Å². The lowest BCUT2D eigenvalue weighted by Crippen LogP contribution is -2.08. The van der Waals surface area contributed by atoms with Crippen LogP contribution in [0.5, 0.6) is 17.2 Å². The summed E-state index contributed by atoms with van der Waals surface area (Å²) in [5, 5.41) is 8.77. The van der Waals surface area contributed by atoms with Crippen LogP contribution < -0.4 is 14.2 Å². The highest BCUT2D eigenvalue weighted by Crippen LogP contribution is 2.20. The number of rotatable bonds is 20. The molecule has 2 aromatic rings. The molecule has 0 atom stereocenters. The number of esters is 1. The summed E-state index contributed by atoms with van der Waals surface area (Å²) in [6.07, 6.45) is 15.3. The fraction of sp³-hybridized carbons (Fsp3) is 0.567. The van der Waals surface area contributed by atoms with Gasteiger partial charge in [-0.15, -0.1) is 0 Å². The van der Waals surface area contributed by atoms with E-state index in [0.29, 0.717) is 31.1 Å². The van der Waals surface area contributed by atoms with Gasteiger partial charge in [-0.1, -0.05) is 71.1 Å². The summed E-state index contributed by atoms with van der Waals surface area (Å²) in [6, 6.07) is 14.3. The lowest BCUT2D eigenvalue weighted by molar-refractivity contribution is 0.0734. The van der Waals surface area contributed by atoms with Gasteiger partial charge in [0.15, 0.2) is 0 Å². The maximum atomic E-state index is 12.4. The van der Waals surface area contributed by atoms with Gasteiger partial charge < -0.3 is 19.3 Å². The number of hydrogen-bond donors (Lipinski definition) is 1. The molecule has 0 aromatic heterocycles. The Labute approximate surface area is 211 Å². The fourth-order valence-corrected chi connectivity index (χ4v) is 3.82. The highest BCUT2D eigenvalue weighted by Gasteiger charge is 2.09. The third-order valence-electron chi connectivity index (χ3n) is 5.96. The van der Waals surface area contributed by atoms with Gasteiger partial charge in [0.25, 0.3) is 0 Å². The van der Waals surface area contributed by atoms with Crippen molar-refractivity contribution in [3.63, 3.8) is 0 Å². The van der Waals surface area contributed by atoms with Gasteiger partial charge in [0.05, 0.1) is 18.8 Å². The molecule has 1 N–H and O–H groups in total. The molecule has 0 spiro atoms. The normalized spacial score (nSPS) is 10.8. The number of carbonyl (C=O) groups is 1. The molecule has 0 aliphatic carbocycles. The van der Waals surface area contributed by atoms with E-state index in [0.717, 1.165) is 37.2 Å². The Kier molecular flexibility index (Phi) is 15.4. The lowest BCUT2D eigenvalue weighted by atomic mass is 10.1. The largest absolute Gasteiger partial charge is 0.494 e. The molecule has 0 fully saturated rings. The van der Waals surface area contributed by atoms with E-state index >= 15 is 0 Å². The van der Waals surface area contributed by atoms with E-state index in [1.165, 1.54) is 57.8 Å². The molecule has 35 heavy (non-hydrogen) atoms. The molecule has 0 aliphatic rings. The van der Waals surface area contributed by atoms with Gasteiger partial charge in [-0.25, -0.2) is 4.79 Å². The monoisotopic (exact) mass is 484 g/mol. The zero-order valence-corrected chi connectivity index (χ0v) is 21.5. The van der Waals surface area contributed by atoms with Crippen molar-refractivity contribution in [1.82, 2.24) is 0 Å². The molecular formula is C30H44O5. The van der Waals surface area contributed by atoms with Crippen LogP contribution in [0.25, 0.3) is 0 Å². The summed E-state index contributed by atoms with van der Waals surface area (Å²) in [7, 11) is 0. The molecule has 2 aromatic carbocycles. The Bertz CT molecular complexity index is 785. The van der Waals surface area contributed by atoms with Gasteiger partial charge in [-0.05, 0) is 67.8 Å². The molecule has 5 nitrogen and oxygen atoms in total. The van der Waals surface area contributed by atoms with Crippen LogP contribution in [0.2, 0.25) is 0 Å². The van der Waals surface area contributed by atoms with E-state index in [1.807, 2.05) is 24.3 Å². The van der Waals surface area contributed by atoms with E-state index in [1.54, 1.807) is 24.3 Å². The average Bonchev–Trinajstić information content (AvgIpc) is 2.88. The number of hydrogen-bond acceptors (Lipinski definition) is 5. The second-order valence-corrected chi connectivity index (χ2v) is 9.05. The lowest BCUT2D eigenvalue weighted by Gasteiger charge is -2.09. The second kappa shape index (κ2) is 18.8. The molecule has 0 saturated carbocycles. The standard InChI is InChI=1S/C30H44O5/c1-2-3-4-13-24-33-27-17-15-26(16-18-27)30(32)35-29-21-19-28(20-22-29)34-25-14-11-9-7-5-6-8-10-12-23-31/h15-22,31H,2-14,23-25H2,1H3. The third-order valence-corrected chi connectivity index (χ3v) is 5.96. The fourth-order valence-electron chi connectivity index (χ4n) is 3.82. The van der Waals surface area contributed by atoms with E-state index in [9.17, 15) is 4.79 Å². The van der Waals surface area contributed by atoms with Gasteiger partial charge in [0.1, 0.15) is 17.2 Å². The van der Waals surface area contributed by atoms with E-state index in [-0.39, 0.29) is 5.97 Å². The van der Waals surface area contributed by atoms with Crippen LogP contribution in [-0.2, 0) is 0 Å². The molecule has 5 heteroatoms. The first kappa shape index (κ1) is 28.7. The van der Waals surface area contributed by atoms with Crippen LogP contribution in [-0.4, -0.2) is 30.9 Å². The molecule has 0 unspecified atom stereocenters. The summed E-state index contributed by atoms with van der Waals surface area (Å²) < 4.78 is 17.0. The Morgan fingerprint density at radius 3 is 1.54 bits per heavy atom. The van der Waals surface area contributed by atoms with Crippen molar-refractivity contribution in [3.8, 4) is 17.2 Å². The van der Waals surface area contributed by atoms with Gasteiger partial charge >= 0.3 is 5.97 Å². The zero-order valence-electron chi connectivity index (χ0n) is 21.5. The van der Waals surface area contributed by atoms with Crippen molar-refractivity contribution in [2.24, 2.45) is 0 Å². The SMILES string of the molecule is CCCCCCOc1ccc(C(=O)Oc2ccc(OCCCCCCCCCCCO)cc2)cc1. The smallest absolute Gasteiger partial charge is 0.343 e. The number of ether oxygens (including phenoxy) is 3. The molecule has 0 heterocycles. The van der Waals surface area contributed by atoms with E-state index < -0.39 is 0 Å². The molecule has 0 amide bonds. The molecule has 0 bridgehead atoms. The first-order valence-corrected chi connectivity index (χ1v) is 13.5. The molecular weight excluding hydrogens is 440 g/mol. The van der Waals surface area contributed by atoms with Crippen molar-refractivity contribution in [3.05, 3.63) is 54.1 Å². The number of benzene rings is 2. The van der Waals surface area contributed by atoms with Crippen molar-refractivity contribution < 1.29 is 24.1 Å². The second-order valence-electron chi connectivity index (χ2n) is 9.05. The summed E-state index contributed by atoms with van der Waals surface area (Å²) >= 11 is 0. The predicted octanol–water partition coefficient (Wildman–Crippen LogP) is 7.75. The Morgan fingerprint density at radius 2 is 1.03 bits per heavy atom. The number of aliphatic hydroxyl groups excluding tert-OH is 1. The molecule has 2 rings (SSSR count). The number of unbranched alkanes of at least 4 members (excludes halogenated alkanes) is 11. The van der Waals surface area contributed by atoms with E-state index in [2.05, 4.69) is 6.92 Å². The number of carbonyl (C=O) groups excluding carboxylic acids is 1. The van der Waals surface area contributed by atoms with E-state index in [4.69, 9.17) is 19.3 Å². The Hall–Kier alpha value is -2.53. The maximum Gasteiger partial charge on any atom is 0.343 e. The topological polar surface area (TPSA) is 65.0 Å². The van der Waals surface area contributed by atoms with Crippen LogP contribution in [0.4, 0.5) is 0 Å². The number of aliphatic hydroxyl groups is 1. The molecule has 0 aliphatic heterocycles. The van der Waals surface area contributed by atoms with Gasteiger partial charge in [-0.3, -0.25) is 0 Å². The summed E-state index contributed by atoms with van der Waals surface area (Å²) in [4.78, 5) is 12.4. The third kappa shape index (κ3) is 13.2. The van der Waals surface area contributed by atoms with Crippen LogP contribution in [0, 0.1) is 0 Å². The minimum Gasteiger partial charge on any atom is -0.494 e. The highest BCUT2D eigenvalue weighted by atomic mass is 16.5. The predicted molar refractivity (Wildman–Crippen MR) is 142 cm³/mol. The summed E-state index contributed by atoms with van der Waals surface area (Å²) in [6.45, 7) is 3.90. The first-order valence-electron chi connectivity index (χ1n) is 13.5. The summed E-state index contributed by atoms with van der Waals surface area (Å²) in [5.41, 5.74) is 0.494. The molecule has 194 valence electrons. The van der Waals surface area contributed by atoms with Crippen LogP contribution >= 0.6 is 0 Å². The minimum atomic E-state index is -0.387. The Balaban J connectivity index is 1.58. The van der Waals surface area contributed by atoms with Crippen molar-refractivity contribution in [2.45, 2.75) is 90.4 Å². The zero-order chi connectivity index (χ0) is 25.0. The quantitative estimate of drug-likeness (QED) is 0.118.